The maximum Gasteiger partial charge on any atom is 0.416 e. The number of anilines is 1. The Morgan fingerprint density at radius 2 is 1.74 bits per heavy atom. The zero-order valence-electron chi connectivity index (χ0n) is 22.9. The number of amides is 2. The van der Waals surface area contributed by atoms with Crippen molar-refractivity contribution in [1.29, 1.82) is 0 Å². The maximum atomic E-state index is 14.0. The fourth-order valence-corrected chi connectivity index (χ4v) is 5.54. The Morgan fingerprint density at radius 1 is 1.13 bits per heavy atom. The molecule has 1 aromatic rings. The Labute approximate surface area is 240 Å². The number of fused-ring (bicyclic) bond motifs is 2. The van der Waals surface area contributed by atoms with E-state index >= 15 is 0 Å². The molecule has 2 amide bonds. The van der Waals surface area contributed by atoms with Crippen molar-refractivity contribution in [2.75, 3.05) is 25.7 Å². The largest absolute Gasteiger partial charge is 0.493 e. The van der Waals surface area contributed by atoms with E-state index in [4.69, 9.17) is 53.4 Å². The summed E-state index contributed by atoms with van der Waals surface area (Å²) in [5, 5.41) is -0.195. The lowest BCUT2D eigenvalue weighted by atomic mass is 10.1. The Bertz CT molecular complexity index is 1140. The highest BCUT2D eigenvalue weighted by molar-refractivity contribution is 6.74. The van der Waals surface area contributed by atoms with Crippen molar-refractivity contribution >= 4 is 60.8 Å². The summed E-state index contributed by atoms with van der Waals surface area (Å²) in [7, 11) is 0.443. The van der Waals surface area contributed by atoms with Crippen molar-refractivity contribution in [3.8, 4) is 11.5 Å². The predicted octanol–water partition coefficient (Wildman–Crippen LogP) is 7.05. The number of carbonyl (C=O) groups excluding carboxylic acids is 2. The first-order valence-electron chi connectivity index (χ1n) is 12.2. The summed E-state index contributed by atoms with van der Waals surface area (Å²) in [5.41, 5.74) is 1.40. The number of allylic oxidation sites excluding steroid dienone is 2. The molecule has 0 bridgehead atoms. The van der Waals surface area contributed by atoms with Gasteiger partial charge in [0.05, 0.1) is 31.5 Å². The molecule has 0 spiro atoms. The third kappa shape index (κ3) is 6.28. The first kappa shape index (κ1) is 30.6. The van der Waals surface area contributed by atoms with Gasteiger partial charge >= 0.3 is 6.09 Å². The highest BCUT2D eigenvalue weighted by Crippen LogP contribution is 2.45. The van der Waals surface area contributed by atoms with Crippen LogP contribution >= 0.6 is 34.8 Å². The fourth-order valence-electron chi connectivity index (χ4n) is 4.15. The number of hydrogen-bond acceptors (Lipinski definition) is 6. The first-order valence-corrected chi connectivity index (χ1v) is 16.2. The van der Waals surface area contributed by atoms with Crippen molar-refractivity contribution in [3.05, 3.63) is 41.6 Å². The van der Waals surface area contributed by atoms with E-state index in [9.17, 15) is 9.59 Å². The van der Waals surface area contributed by atoms with Crippen LogP contribution in [-0.2, 0) is 9.16 Å². The SMILES string of the molecule is C/C=C/C1=CN2C(=O)c3cc(OC)c(OC)cc3N(C(=O)OCC(Cl)(Cl)Cl)[C@@H](O[Si](C)(C)C(C)(C)C)[C@@H]2C1. The van der Waals surface area contributed by atoms with E-state index in [0.717, 1.165) is 5.57 Å². The molecule has 210 valence electrons. The van der Waals surface area contributed by atoms with Gasteiger partial charge in [0.15, 0.2) is 26.0 Å². The Hall–Kier alpha value is -1.91. The molecule has 2 heterocycles. The van der Waals surface area contributed by atoms with Crippen molar-refractivity contribution < 1.29 is 28.2 Å². The lowest BCUT2D eigenvalue weighted by Crippen LogP contribution is -2.58. The van der Waals surface area contributed by atoms with Crippen LogP contribution in [0.15, 0.2) is 36.1 Å². The van der Waals surface area contributed by atoms with E-state index in [1.54, 1.807) is 23.2 Å². The van der Waals surface area contributed by atoms with Gasteiger partial charge in [-0.15, -0.1) is 0 Å². The minimum absolute atomic E-state index is 0.195. The van der Waals surface area contributed by atoms with Crippen LogP contribution in [0, 0.1) is 0 Å². The number of hydrogen-bond donors (Lipinski definition) is 0. The van der Waals surface area contributed by atoms with E-state index in [1.165, 1.54) is 19.1 Å². The van der Waals surface area contributed by atoms with Gasteiger partial charge in [0, 0.05) is 12.3 Å². The summed E-state index contributed by atoms with van der Waals surface area (Å²) in [4.78, 5) is 30.8. The average molecular weight is 606 g/mol. The molecule has 38 heavy (non-hydrogen) atoms. The average Bonchev–Trinajstić information content (AvgIpc) is 3.21. The molecule has 0 N–H and O–H groups in total. The van der Waals surface area contributed by atoms with Gasteiger partial charge in [-0.25, -0.2) is 9.69 Å². The van der Waals surface area contributed by atoms with Gasteiger partial charge in [-0.05, 0) is 43.1 Å². The van der Waals surface area contributed by atoms with Gasteiger partial charge in [-0.3, -0.25) is 4.79 Å². The van der Waals surface area contributed by atoms with Crippen LogP contribution in [0.3, 0.4) is 0 Å². The number of nitrogens with zero attached hydrogens (tertiary/aromatic N) is 2. The quantitative estimate of drug-likeness (QED) is 0.255. The van der Waals surface area contributed by atoms with E-state index in [-0.39, 0.29) is 22.2 Å². The highest BCUT2D eigenvalue weighted by atomic mass is 35.6. The second-order valence-electron chi connectivity index (χ2n) is 10.7. The van der Waals surface area contributed by atoms with Gasteiger partial charge < -0.3 is 23.5 Å². The third-order valence-electron chi connectivity index (χ3n) is 7.08. The molecule has 3 rings (SSSR count). The Kier molecular flexibility index (Phi) is 9.10. The number of methoxy groups -OCH3 is 2. The van der Waals surface area contributed by atoms with Crippen molar-refractivity contribution in [1.82, 2.24) is 4.90 Å². The molecule has 8 nitrogen and oxygen atoms in total. The van der Waals surface area contributed by atoms with Gasteiger partial charge in [-0.1, -0.05) is 67.7 Å². The third-order valence-corrected chi connectivity index (χ3v) is 11.8. The summed E-state index contributed by atoms with van der Waals surface area (Å²) in [6.45, 7) is 11.9. The minimum Gasteiger partial charge on any atom is -0.493 e. The van der Waals surface area contributed by atoms with Crippen LogP contribution in [0.4, 0.5) is 10.5 Å². The molecule has 2 aliphatic rings. The second-order valence-corrected chi connectivity index (χ2v) is 18.0. The number of halogens is 3. The summed E-state index contributed by atoms with van der Waals surface area (Å²) in [5.74, 6) is 0.355. The normalized spacial score (nSPS) is 20.2. The van der Waals surface area contributed by atoms with E-state index in [0.29, 0.717) is 17.9 Å². The van der Waals surface area contributed by atoms with Crippen molar-refractivity contribution in [2.24, 2.45) is 0 Å². The molecule has 0 aromatic heterocycles. The number of alkyl halides is 3. The lowest BCUT2D eigenvalue weighted by Gasteiger charge is -2.44. The smallest absolute Gasteiger partial charge is 0.416 e. The van der Waals surface area contributed by atoms with Gasteiger partial charge in [0.25, 0.3) is 5.91 Å². The van der Waals surface area contributed by atoms with Crippen LogP contribution in [0.25, 0.3) is 0 Å². The molecule has 0 aliphatic carbocycles. The summed E-state index contributed by atoms with van der Waals surface area (Å²) < 4.78 is 21.5. The number of benzene rings is 1. The minimum atomic E-state index is -2.51. The molecule has 2 atom stereocenters. The fraction of sp³-hybridized carbons (Fsp3) is 0.538. The van der Waals surface area contributed by atoms with E-state index < -0.39 is 37.1 Å². The summed E-state index contributed by atoms with van der Waals surface area (Å²) in [6.07, 6.45) is 4.38. The molecule has 0 unspecified atom stereocenters. The lowest BCUT2D eigenvalue weighted by molar-refractivity contribution is 0.0584. The number of carbonyl (C=O) groups is 2. The number of ether oxygens (including phenoxy) is 3. The van der Waals surface area contributed by atoms with Crippen LogP contribution in [-0.4, -0.2) is 62.1 Å². The molecule has 12 heteroatoms. The zero-order chi connectivity index (χ0) is 28.6. The molecule has 0 saturated heterocycles. The Balaban J connectivity index is 2.29. The van der Waals surface area contributed by atoms with Gasteiger partial charge in [0.2, 0.25) is 3.79 Å². The summed E-state index contributed by atoms with van der Waals surface area (Å²) >= 11 is 17.7. The molecule has 0 radical (unpaired) electrons. The monoisotopic (exact) mass is 604 g/mol. The number of rotatable bonds is 6. The zero-order valence-corrected chi connectivity index (χ0v) is 26.2. The van der Waals surface area contributed by atoms with Crippen LogP contribution < -0.4 is 14.4 Å². The maximum absolute atomic E-state index is 14.0. The molecule has 0 saturated carbocycles. The van der Waals surface area contributed by atoms with Crippen LogP contribution in [0.5, 0.6) is 11.5 Å². The first-order chi connectivity index (χ1) is 17.5. The standard InChI is InChI=1S/C26H35Cl3N2O6Si/c1-9-10-16-11-19-23(37-38(7,8)25(2,3)4)31(24(33)36-15-26(27,28)29)18-13-21(35-6)20(34-5)12-17(18)22(32)30(19)14-16/h9-10,12-14,19,23H,11,15H2,1-8H3/b10-9+/t19-,23-/m0/s1. The summed E-state index contributed by atoms with van der Waals surface area (Å²) in [6, 6.07) is 2.59. The van der Waals surface area contributed by atoms with Crippen molar-refractivity contribution in [3.63, 3.8) is 0 Å². The molecule has 1 aromatic carbocycles. The highest BCUT2D eigenvalue weighted by Gasteiger charge is 2.50. The molecular formula is C26H35Cl3N2O6Si. The second kappa shape index (κ2) is 11.3. The topological polar surface area (TPSA) is 77.5 Å². The molecular weight excluding hydrogens is 571 g/mol. The molecule has 2 aliphatic heterocycles. The van der Waals surface area contributed by atoms with Gasteiger partial charge in [0.1, 0.15) is 6.61 Å². The van der Waals surface area contributed by atoms with Crippen LogP contribution in [0.2, 0.25) is 18.1 Å². The van der Waals surface area contributed by atoms with Crippen LogP contribution in [0.1, 0.15) is 44.5 Å². The Morgan fingerprint density at radius 3 is 2.26 bits per heavy atom. The van der Waals surface area contributed by atoms with Gasteiger partial charge in [-0.2, -0.15) is 0 Å². The van der Waals surface area contributed by atoms with E-state index in [2.05, 4.69) is 33.9 Å². The van der Waals surface area contributed by atoms with Crippen molar-refractivity contribution in [2.45, 2.75) is 68.3 Å². The molecule has 0 fully saturated rings. The van der Waals surface area contributed by atoms with E-state index in [1.807, 2.05) is 19.1 Å². The predicted molar refractivity (Wildman–Crippen MR) is 153 cm³/mol.